The fraction of sp³-hybridized carbons (Fsp3) is 0.250. The molecule has 1 rings (SSSR count). The maximum absolute atomic E-state index is 9.94. The number of hydrogen-bond donors (Lipinski definition) is 0. The zero-order valence-electron chi connectivity index (χ0n) is 6.58. The molecule has 0 aliphatic rings. The van der Waals surface area contributed by atoms with Gasteiger partial charge in [-0.05, 0) is 17.7 Å². The molecule has 0 atom stereocenters. The summed E-state index contributed by atoms with van der Waals surface area (Å²) >= 11 is 5.81. The van der Waals surface area contributed by atoms with Crippen LogP contribution in [0.2, 0.25) is 5.02 Å². The molecule has 0 radical (unpaired) electrons. The lowest BCUT2D eigenvalue weighted by atomic mass is 10.2. The number of rotatable bonds is 3. The molecule has 1 aromatic rings. The molecule has 0 N–H and O–H groups in total. The number of hydrogen-bond acceptors (Lipinski definition) is 3. The highest BCUT2D eigenvalue weighted by atomic mass is 35.5. The fourth-order valence-corrected chi connectivity index (χ4v) is 1.08. The van der Waals surface area contributed by atoms with Crippen LogP contribution in [0.4, 0.5) is 0 Å². The Balaban J connectivity index is 2.94. The number of methoxy groups -OCH3 is 1. The number of nitrogens with zero attached hydrogens (tertiary/aromatic N) is 1. The quantitative estimate of drug-likeness (QED) is 0.679. The average molecular weight is 186 g/mol. The van der Waals surface area contributed by atoms with Gasteiger partial charge < -0.3 is 4.74 Å². The van der Waals surface area contributed by atoms with Crippen molar-refractivity contribution in [3.63, 3.8) is 0 Å². The van der Waals surface area contributed by atoms with E-state index in [2.05, 4.69) is 5.18 Å². The molecule has 0 aliphatic carbocycles. The molecule has 0 fully saturated rings. The molecule has 0 aliphatic heterocycles. The Kier molecular flexibility index (Phi) is 3.05. The topological polar surface area (TPSA) is 38.7 Å². The van der Waals surface area contributed by atoms with Gasteiger partial charge >= 0.3 is 0 Å². The lowest BCUT2D eigenvalue weighted by molar-refractivity contribution is 0.414. The van der Waals surface area contributed by atoms with E-state index < -0.39 is 0 Å². The number of halogens is 1. The van der Waals surface area contributed by atoms with Crippen molar-refractivity contribution in [2.45, 2.75) is 6.54 Å². The summed E-state index contributed by atoms with van der Waals surface area (Å²) < 4.78 is 4.93. The molecule has 0 heterocycles. The van der Waals surface area contributed by atoms with Crippen LogP contribution in [0.25, 0.3) is 0 Å². The van der Waals surface area contributed by atoms with Gasteiger partial charge in [-0.2, -0.15) is 4.91 Å². The molecular weight excluding hydrogens is 178 g/mol. The Hall–Kier alpha value is -1.09. The van der Waals surface area contributed by atoms with Crippen LogP contribution in [0.1, 0.15) is 5.56 Å². The highest BCUT2D eigenvalue weighted by molar-refractivity contribution is 6.31. The van der Waals surface area contributed by atoms with Gasteiger partial charge in [0.25, 0.3) is 0 Å². The first kappa shape index (κ1) is 9.00. The van der Waals surface area contributed by atoms with E-state index in [-0.39, 0.29) is 6.54 Å². The van der Waals surface area contributed by atoms with E-state index in [9.17, 15) is 4.91 Å². The van der Waals surface area contributed by atoms with Crippen molar-refractivity contribution in [3.05, 3.63) is 33.7 Å². The third-order valence-corrected chi connectivity index (χ3v) is 1.85. The standard InChI is InChI=1S/C8H8ClNO2/c1-12-7-3-2-6(5-10-11)8(9)4-7/h2-4H,5H2,1H3. The highest BCUT2D eigenvalue weighted by Gasteiger charge is 2.01. The summed E-state index contributed by atoms with van der Waals surface area (Å²) in [6, 6.07) is 5.12. The van der Waals surface area contributed by atoms with E-state index in [1.54, 1.807) is 25.3 Å². The minimum Gasteiger partial charge on any atom is -0.497 e. The fourth-order valence-electron chi connectivity index (χ4n) is 0.853. The van der Waals surface area contributed by atoms with Gasteiger partial charge in [-0.1, -0.05) is 22.8 Å². The molecule has 0 unspecified atom stereocenters. The molecule has 0 aromatic heterocycles. The summed E-state index contributed by atoms with van der Waals surface area (Å²) in [4.78, 5) is 9.94. The van der Waals surface area contributed by atoms with Gasteiger partial charge in [0.15, 0.2) is 0 Å². The lowest BCUT2D eigenvalue weighted by Crippen LogP contribution is -1.86. The zero-order chi connectivity index (χ0) is 8.97. The maximum Gasteiger partial charge on any atom is 0.120 e. The van der Waals surface area contributed by atoms with Gasteiger partial charge in [0.2, 0.25) is 0 Å². The van der Waals surface area contributed by atoms with Crippen LogP contribution >= 0.6 is 11.6 Å². The Morgan fingerprint density at radius 1 is 1.58 bits per heavy atom. The summed E-state index contributed by atoms with van der Waals surface area (Å²) in [5.74, 6) is 0.676. The van der Waals surface area contributed by atoms with Gasteiger partial charge in [-0.3, -0.25) is 0 Å². The van der Waals surface area contributed by atoms with Crippen molar-refractivity contribution in [1.29, 1.82) is 0 Å². The van der Waals surface area contributed by atoms with Crippen LogP contribution in [-0.4, -0.2) is 7.11 Å². The molecule has 4 heteroatoms. The molecule has 1 aromatic carbocycles. The molecular formula is C8H8ClNO2. The number of benzene rings is 1. The molecule has 64 valence electrons. The van der Waals surface area contributed by atoms with Gasteiger partial charge in [0.05, 0.1) is 7.11 Å². The monoisotopic (exact) mass is 185 g/mol. The van der Waals surface area contributed by atoms with Crippen molar-refractivity contribution >= 4 is 11.6 Å². The molecule has 3 nitrogen and oxygen atoms in total. The third kappa shape index (κ3) is 1.95. The Morgan fingerprint density at radius 3 is 2.83 bits per heavy atom. The summed E-state index contributed by atoms with van der Waals surface area (Å²) in [6.45, 7) is 0.100. The van der Waals surface area contributed by atoms with Gasteiger partial charge in [-0.25, -0.2) is 0 Å². The van der Waals surface area contributed by atoms with Crippen LogP contribution < -0.4 is 4.74 Å². The van der Waals surface area contributed by atoms with Crippen molar-refractivity contribution in [2.24, 2.45) is 5.18 Å². The first-order valence-electron chi connectivity index (χ1n) is 3.39. The minimum absolute atomic E-state index is 0.100. The van der Waals surface area contributed by atoms with E-state index in [4.69, 9.17) is 16.3 Å². The number of nitroso groups, excluding NO2 is 1. The highest BCUT2D eigenvalue weighted by Crippen LogP contribution is 2.22. The molecule has 12 heavy (non-hydrogen) atoms. The maximum atomic E-state index is 9.94. The summed E-state index contributed by atoms with van der Waals surface area (Å²) in [6.07, 6.45) is 0. The van der Waals surface area contributed by atoms with Crippen LogP contribution in [0.5, 0.6) is 5.75 Å². The van der Waals surface area contributed by atoms with Crippen molar-refractivity contribution in [3.8, 4) is 5.75 Å². The van der Waals surface area contributed by atoms with E-state index >= 15 is 0 Å². The normalized spacial score (nSPS) is 9.50. The molecule has 0 saturated heterocycles. The van der Waals surface area contributed by atoms with Gasteiger partial charge in [0, 0.05) is 5.02 Å². The first-order chi connectivity index (χ1) is 5.77. The van der Waals surface area contributed by atoms with E-state index in [1.807, 2.05) is 0 Å². The lowest BCUT2D eigenvalue weighted by Gasteiger charge is -2.02. The zero-order valence-corrected chi connectivity index (χ0v) is 7.34. The molecule has 0 saturated carbocycles. The van der Waals surface area contributed by atoms with Crippen molar-refractivity contribution < 1.29 is 4.74 Å². The Bertz CT molecular complexity index is 288. The number of ether oxygens (including phenoxy) is 1. The Morgan fingerprint density at radius 2 is 2.33 bits per heavy atom. The predicted octanol–water partition coefficient (Wildman–Crippen LogP) is 2.62. The SMILES string of the molecule is COc1ccc(CN=O)c(Cl)c1. The summed E-state index contributed by atoms with van der Waals surface area (Å²) in [5, 5.41) is 3.26. The van der Waals surface area contributed by atoms with Crippen molar-refractivity contribution in [1.82, 2.24) is 0 Å². The van der Waals surface area contributed by atoms with Crippen LogP contribution in [0, 0.1) is 4.91 Å². The second kappa shape index (κ2) is 4.07. The van der Waals surface area contributed by atoms with Crippen LogP contribution in [0.15, 0.2) is 23.4 Å². The van der Waals surface area contributed by atoms with E-state index in [1.165, 1.54) is 0 Å². The summed E-state index contributed by atoms with van der Waals surface area (Å²) in [5.41, 5.74) is 0.715. The van der Waals surface area contributed by atoms with Gasteiger partial charge in [0.1, 0.15) is 12.3 Å². The predicted molar refractivity (Wildman–Crippen MR) is 47.5 cm³/mol. The van der Waals surface area contributed by atoms with Gasteiger partial charge in [-0.15, -0.1) is 0 Å². The minimum atomic E-state index is 0.100. The van der Waals surface area contributed by atoms with Crippen LogP contribution in [-0.2, 0) is 6.54 Å². The third-order valence-electron chi connectivity index (χ3n) is 1.50. The van der Waals surface area contributed by atoms with Crippen LogP contribution in [0.3, 0.4) is 0 Å². The van der Waals surface area contributed by atoms with Crippen molar-refractivity contribution in [2.75, 3.05) is 7.11 Å². The average Bonchev–Trinajstić information content (AvgIpc) is 2.09. The smallest absolute Gasteiger partial charge is 0.120 e. The first-order valence-corrected chi connectivity index (χ1v) is 3.77. The Labute approximate surface area is 75.3 Å². The molecule has 0 bridgehead atoms. The van der Waals surface area contributed by atoms with E-state index in [0.29, 0.717) is 16.3 Å². The second-order valence-corrected chi connectivity index (χ2v) is 2.65. The largest absolute Gasteiger partial charge is 0.497 e. The summed E-state index contributed by atoms with van der Waals surface area (Å²) in [7, 11) is 1.56. The molecule has 0 spiro atoms. The van der Waals surface area contributed by atoms with E-state index in [0.717, 1.165) is 0 Å². The molecule has 0 amide bonds. The second-order valence-electron chi connectivity index (χ2n) is 2.24.